The van der Waals surface area contributed by atoms with Gasteiger partial charge in [-0.25, -0.2) is 0 Å². The molecule has 1 aromatic carbocycles. The summed E-state index contributed by atoms with van der Waals surface area (Å²) >= 11 is 6.23. The van der Waals surface area contributed by atoms with Gasteiger partial charge >= 0.3 is 0 Å². The van der Waals surface area contributed by atoms with Gasteiger partial charge in [0, 0.05) is 34.7 Å². The van der Waals surface area contributed by atoms with Gasteiger partial charge in [0.1, 0.15) is 0 Å². The van der Waals surface area contributed by atoms with Crippen LogP contribution in [-0.4, -0.2) is 22.6 Å². The van der Waals surface area contributed by atoms with Crippen LogP contribution in [0.1, 0.15) is 51.1 Å². The van der Waals surface area contributed by atoms with E-state index in [0.29, 0.717) is 6.04 Å². The molecule has 3 heteroatoms. The van der Waals surface area contributed by atoms with Crippen molar-refractivity contribution in [2.45, 2.75) is 52.1 Å². The van der Waals surface area contributed by atoms with E-state index < -0.39 is 0 Å². The molecule has 0 atom stereocenters. The highest BCUT2D eigenvalue weighted by atomic mass is 35.5. The van der Waals surface area contributed by atoms with E-state index in [1.807, 2.05) is 6.07 Å². The van der Waals surface area contributed by atoms with Gasteiger partial charge in [-0.2, -0.15) is 0 Å². The van der Waals surface area contributed by atoms with Gasteiger partial charge in [0.05, 0.1) is 0 Å². The SMILES string of the molecule is CC(C)n1cc(CN2CCCCCC2)c2cc(Cl)ccc21. The minimum absolute atomic E-state index is 0.478. The zero-order valence-corrected chi connectivity index (χ0v) is 13.9. The molecule has 1 saturated heterocycles. The number of hydrogen-bond acceptors (Lipinski definition) is 1. The van der Waals surface area contributed by atoms with Crippen molar-refractivity contribution in [3.05, 3.63) is 35.0 Å². The van der Waals surface area contributed by atoms with Gasteiger partial charge in [0.15, 0.2) is 0 Å². The Balaban J connectivity index is 1.95. The van der Waals surface area contributed by atoms with Crippen LogP contribution in [0.15, 0.2) is 24.4 Å². The van der Waals surface area contributed by atoms with Crippen molar-refractivity contribution in [2.75, 3.05) is 13.1 Å². The molecular formula is C18H25ClN2. The monoisotopic (exact) mass is 304 g/mol. The zero-order chi connectivity index (χ0) is 14.8. The van der Waals surface area contributed by atoms with Crippen molar-refractivity contribution in [3.8, 4) is 0 Å². The van der Waals surface area contributed by atoms with E-state index in [0.717, 1.165) is 11.6 Å². The van der Waals surface area contributed by atoms with Gasteiger partial charge in [0.2, 0.25) is 0 Å². The lowest BCUT2D eigenvalue weighted by molar-refractivity contribution is 0.277. The first-order valence-corrected chi connectivity index (χ1v) is 8.54. The Morgan fingerprint density at radius 1 is 1.10 bits per heavy atom. The summed E-state index contributed by atoms with van der Waals surface area (Å²) in [5.74, 6) is 0. The number of hydrogen-bond donors (Lipinski definition) is 0. The van der Waals surface area contributed by atoms with Crippen LogP contribution < -0.4 is 0 Å². The Kier molecular flexibility index (Phi) is 4.56. The molecule has 0 saturated carbocycles. The largest absolute Gasteiger partial charge is 0.345 e. The van der Waals surface area contributed by atoms with Crippen molar-refractivity contribution in [1.82, 2.24) is 9.47 Å². The predicted molar refractivity (Wildman–Crippen MR) is 91.1 cm³/mol. The molecule has 0 bridgehead atoms. The van der Waals surface area contributed by atoms with Crippen molar-refractivity contribution in [2.24, 2.45) is 0 Å². The van der Waals surface area contributed by atoms with Crippen LogP contribution in [0, 0.1) is 0 Å². The summed E-state index contributed by atoms with van der Waals surface area (Å²) in [6.07, 6.45) is 7.77. The number of likely N-dealkylation sites (tertiary alicyclic amines) is 1. The van der Waals surface area contributed by atoms with Crippen LogP contribution in [0.5, 0.6) is 0 Å². The summed E-state index contributed by atoms with van der Waals surface area (Å²) in [6, 6.07) is 6.76. The smallest absolute Gasteiger partial charge is 0.0487 e. The summed E-state index contributed by atoms with van der Waals surface area (Å²) in [5.41, 5.74) is 2.72. The molecule has 0 spiro atoms. The molecular weight excluding hydrogens is 280 g/mol. The van der Waals surface area contributed by atoms with E-state index in [1.165, 1.54) is 55.2 Å². The maximum Gasteiger partial charge on any atom is 0.0487 e. The molecule has 3 rings (SSSR count). The first kappa shape index (κ1) is 14.9. The number of benzene rings is 1. The summed E-state index contributed by atoms with van der Waals surface area (Å²) in [4.78, 5) is 2.60. The number of aromatic nitrogens is 1. The van der Waals surface area contributed by atoms with Gasteiger partial charge < -0.3 is 4.57 Å². The van der Waals surface area contributed by atoms with Gasteiger partial charge in [-0.1, -0.05) is 24.4 Å². The van der Waals surface area contributed by atoms with Crippen LogP contribution in [0.4, 0.5) is 0 Å². The second-order valence-corrected chi connectivity index (χ2v) is 6.94. The Morgan fingerprint density at radius 3 is 2.48 bits per heavy atom. The maximum atomic E-state index is 6.23. The fourth-order valence-corrected chi connectivity index (χ4v) is 3.56. The Labute approximate surface area is 132 Å². The molecule has 0 radical (unpaired) electrons. The lowest BCUT2D eigenvalue weighted by Gasteiger charge is -2.19. The van der Waals surface area contributed by atoms with Gasteiger partial charge in [-0.3, -0.25) is 4.90 Å². The Hall–Kier alpha value is -0.990. The third-order valence-corrected chi connectivity index (χ3v) is 4.76. The molecule has 0 amide bonds. The predicted octanol–water partition coefficient (Wildman–Crippen LogP) is 5.25. The molecule has 21 heavy (non-hydrogen) atoms. The number of halogens is 1. The third kappa shape index (κ3) is 3.27. The van der Waals surface area contributed by atoms with Gasteiger partial charge in [-0.05, 0) is 63.5 Å². The van der Waals surface area contributed by atoms with Crippen LogP contribution in [0.2, 0.25) is 5.02 Å². The van der Waals surface area contributed by atoms with E-state index in [9.17, 15) is 0 Å². The van der Waals surface area contributed by atoms with E-state index in [4.69, 9.17) is 11.6 Å². The molecule has 1 aromatic heterocycles. The highest BCUT2D eigenvalue weighted by molar-refractivity contribution is 6.31. The first-order valence-electron chi connectivity index (χ1n) is 8.16. The molecule has 0 aliphatic carbocycles. The maximum absolute atomic E-state index is 6.23. The molecule has 0 unspecified atom stereocenters. The average Bonchev–Trinajstić information content (AvgIpc) is 2.63. The number of fused-ring (bicyclic) bond motifs is 1. The molecule has 1 aliphatic heterocycles. The molecule has 114 valence electrons. The second-order valence-electron chi connectivity index (χ2n) is 6.51. The molecule has 1 aliphatic rings. The fraction of sp³-hybridized carbons (Fsp3) is 0.556. The van der Waals surface area contributed by atoms with Crippen LogP contribution in [0.3, 0.4) is 0 Å². The highest BCUT2D eigenvalue weighted by Gasteiger charge is 2.15. The van der Waals surface area contributed by atoms with Crippen LogP contribution >= 0.6 is 11.6 Å². The summed E-state index contributed by atoms with van der Waals surface area (Å²) in [7, 11) is 0. The van der Waals surface area contributed by atoms with Crippen molar-refractivity contribution < 1.29 is 0 Å². The number of nitrogens with zero attached hydrogens (tertiary/aromatic N) is 2. The molecule has 1 fully saturated rings. The summed E-state index contributed by atoms with van der Waals surface area (Å²) in [5, 5.41) is 2.15. The van der Waals surface area contributed by atoms with E-state index in [1.54, 1.807) is 0 Å². The van der Waals surface area contributed by atoms with Crippen molar-refractivity contribution in [1.29, 1.82) is 0 Å². The van der Waals surface area contributed by atoms with Crippen LogP contribution in [-0.2, 0) is 6.54 Å². The van der Waals surface area contributed by atoms with Gasteiger partial charge in [0.25, 0.3) is 0 Å². The standard InChI is InChI=1S/C18H25ClN2/c1-14(2)21-13-15(12-20-9-5-3-4-6-10-20)17-11-16(19)7-8-18(17)21/h7-8,11,13-14H,3-6,9-10,12H2,1-2H3. The lowest BCUT2D eigenvalue weighted by Crippen LogP contribution is -2.23. The minimum atomic E-state index is 0.478. The highest BCUT2D eigenvalue weighted by Crippen LogP contribution is 2.29. The van der Waals surface area contributed by atoms with Crippen molar-refractivity contribution >= 4 is 22.5 Å². The summed E-state index contributed by atoms with van der Waals surface area (Å²) in [6.45, 7) is 7.99. The number of rotatable bonds is 3. The second kappa shape index (κ2) is 6.41. The summed E-state index contributed by atoms with van der Waals surface area (Å²) < 4.78 is 2.37. The molecule has 2 heterocycles. The van der Waals surface area contributed by atoms with E-state index >= 15 is 0 Å². The Bertz CT molecular complexity index is 607. The van der Waals surface area contributed by atoms with E-state index in [-0.39, 0.29) is 0 Å². The molecule has 2 nitrogen and oxygen atoms in total. The minimum Gasteiger partial charge on any atom is -0.345 e. The Morgan fingerprint density at radius 2 is 1.81 bits per heavy atom. The third-order valence-electron chi connectivity index (χ3n) is 4.53. The topological polar surface area (TPSA) is 8.17 Å². The van der Waals surface area contributed by atoms with Crippen molar-refractivity contribution in [3.63, 3.8) is 0 Å². The zero-order valence-electron chi connectivity index (χ0n) is 13.1. The van der Waals surface area contributed by atoms with E-state index in [2.05, 4.69) is 41.6 Å². The lowest BCUT2D eigenvalue weighted by atomic mass is 10.1. The molecule has 0 N–H and O–H groups in total. The normalized spacial score (nSPS) is 17.5. The fourth-order valence-electron chi connectivity index (χ4n) is 3.39. The van der Waals surface area contributed by atoms with Crippen LogP contribution in [0.25, 0.3) is 10.9 Å². The van der Waals surface area contributed by atoms with Gasteiger partial charge in [-0.15, -0.1) is 0 Å². The molecule has 2 aromatic rings. The average molecular weight is 305 g/mol. The quantitative estimate of drug-likeness (QED) is 0.751. The first-order chi connectivity index (χ1) is 10.1.